The molecule has 0 aliphatic carbocycles. The maximum atomic E-state index is 10.8. The Labute approximate surface area is 90.7 Å². The van der Waals surface area contributed by atoms with Crippen LogP contribution in [0.3, 0.4) is 0 Å². The Kier molecular flexibility index (Phi) is 5.14. The molecule has 0 aromatic heterocycles. The molecule has 2 unspecified atom stereocenters. The number of carboxylic acid groups (broad SMARTS) is 3. The average molecular weight is 232 g/mol. The first-order valence-corrected chi connectivity index (χ1v) is 4.42. The van der Waals surface area contributed by atoms with E-state index in [9.17, 15) is 19.2 Å². The van der Waals surface area contributed by atoms with Crippen LogP contribution in [-0.4, -0.2) is 39.0 Å². The summed E-state index contributed by atoms with van der Waals surface area (Å²) in [6.07, 6.45) is -1.31. The molecule has 0 heterocycles. The molecular formula is C9H12O7. The summed E-state index contributed by atoms with van der Waals surface area (Å²) in [5.74, 6) is -8.03. The minimum absolute atomic E-state index is 0.487. The predicted molar refractivity (Wildman–Crippen MR) is 49.8 cm³/mol. The third-order valence-electron chi connectivity index (χ3n) is 2.02. The Morgan fingerprint density at radius 2 is 1.25 bits per heavy atom. The number of carbonyl (C=O) groups excluding carboxylic acids is 1. The standard InChI is InChI=1S/C9H12O7/c1-4(10)2-5(8(13)14)6(9(15)16)3-7(11)12/h5-6H,2-3H2,1H3,(H,11,12)(H,13,14)(H,15,16). The van der Waals surface area contributed by atoms with Crippen LogP contribution in [-0.2, 0) is 19.2 Å². The molecule has 16 heavy (non-hydrogen) atoms. The monoisotopic (exact) mass is 232 g/mol. The van der Waals surface area contributed by atoms with E-state index in [1.807, 2.05) is 0 Å². The van der Waals surface area contributed by atoms with Crippen molar-refractivity contribution in [1.82, 2.24) is 0 Å². The molecule has 2 atom stereocenters. The van der Waals surface area contributed by atoms with Gasteiger partial charge < -0.3 is 20.1 Å². The molecule has 3 N–H and O–H groups in total. The van der Waals surface area contributed by atoms with Crippen LogP contribution in [0.25, 0.3) is 0 Å². The number of carbonyl (C=O) groups is 4. The maximum absolute atomic E-state index is 10.8. The summed E-state index contributed by atoms with van der Waals surface area (Å²) in [5.41, 5.74) is 0. The zero-order valence-corrected chi connectivity index (χ0v) is 8.54. The van der Waals surface area contributed by atoms with Crippen molar-refractivity contribution in [2.24, 2.45) is 11.8 Å². The fraction of sp³-hybridized carbons (Fsp3) is 0.556. The van der Waals surface area contributed by atoms with E-state index < -0.39 is 48.4 Å². The third kappa shape index (κ3) is 4.54. The summed E-state index contributed by atoms with van der Waals surface area (Å²) in [7, 11) is 0. The van der Waals surface area contributed by atoms with E-state index in [4.69, 9.17) is 15.3 Å². The lowest BCUT2D eigenvalue weighted by Crippen LogP contribution is -2.33. The largest absolute Gasteiger partial charge is 0.481 e. The van der Waals surface area contributed by atoms with E-state index in [1.165, 1.54) is 0 Å². The van der Waals surface area contributed by atoms with E-state index in [2.05, 4.69) is 0 Å². The average Bonchev–Trinajstić information content (AvgIpc) is 2.09. The first kappa shape index (κ1) is 14.1. The smallest absolute Gasteiger partial charge is 0.307 e. The fourth-order valence-corrected chi connectivity index (χ4v) is 1.30. The SMILES string of the molecule is CC(=O)CC(C(=O)O)C(CC(=O)O)C(=O)O. The molecular weight excluding hydrogens is 220 g/mol. The van der Waals surface area contributed by atoms with Crippen molar-refractivity contribution in [3.63, 3.8) is 0 Å². The van der Waals surface area contributed by atoms with Crippen LogP contribution in [0.5, 0.6) is 0 Å². The van der Waals surface area contributed by atoms with Gasteiger partial charge in [-0.25, -0.2) is 0 Å². The molecule has 0 aliphatic heterocycles. The zero-order chi connectivity index (χ0) is 12.9. The zero-order valence-electron chi connectivity index (χ0n) is 8.54. The van der Waals surface area contributed by atoms with Crippen LogP contribution in [0.1, 0.15) is 19.8 Å². The second-order valence-electron chi connectivity index (χ2n) is 3.39. The van der Waals surface area contributed by atoms with Crippen LogP contribution >= 0.6 is 0 Å². The Morgan fingerprint density at radius 1 is 0.875 bits per heavy atom. The highest BCUT2D eigenvalue weighted by Gasteiger charge is 2.36. The number of ketones is 1. The highest BCUT2D eigenvalue weighted by atomic mass is 16.4. The molecule has 7 heteroatoms. The normalized spacial score (nSPS) is 13.8. The van der Waals surface area contributed by atoms with Gasteiger partial charge in [0.15, 0.2) is 0 Å². The lowest BCUT2D eigenvalue weighted by Gasteiger charge is -2.17. The molecule has 0 saturated carbocycles. The first-order valence-electron chi connectivity index (χ1n) is 4.42. The quantitative estimate of drug-likeness (QED) is 0.556. The van der Waals surface area contributed by atoms with Crippen molar-refractivity contribution < 1.29 is 34.5 Å². The summed E-state index contributed by atoms with van der Waals surface area (Å²) >= 11 is 0. The van der Waals surface area contributed by atoms with Crippen molar-refractivity contribution in [1.29, 1.82) is 0 Å². The molecule has 0 saturated heterocycles. The van der Waals surface area contributed by atoms with Crippen molar-refractivity contribution in [2.45, 2.75) is 19.8 Å². The molecule has 90 valence electrons. The highest BCUT2D eigenvalue weighted by Crippen LogP contribution is 2.21. The van der Waals surface area contributed by atoms with Crippen LogP contribution in [0, 0.1) is 11.8 Å². The highest BCUT2D eigenvalue weighted by molar-refractivity contribution is 5.88. The molecule has 0 fully saturated rings. The molecule has 0 spiro atoms. The van der Waals surface area contributed by atoms with Gasteiger partial charge in [0, 0.05) is 6.42 Å². The van der Waals surface area contributed by atoms with Crippen LogP contribution in [0.15, 0.2) is 0 Å². The van der Waals surface area contributed by atoms with Gasteiger partial charge in [-0.05, 0) is 6.92 Å². The van der Waals surface area contributed by atoms with Gasteiger partial charge >= 0.3 is 17.9 Å². The molecule has 0 bridgehead atoms. The van der Waals surface area contributed by atoms with Crippen molar-refractivity contribution in [3.8, 4) is 0 Å². The second-order valence-corrected chi connectivity index (χ2v) is 3.39. The summed E-state index contributed by atoms with van der Waals surface area (Å²) in [6.45, 7) is 1.12. The Hall–Kier alpha value is -1.92. The van der Waals surface area contributed by atoms with Gasteiger partial charge in [-0.3, -0.25) is 14.4 Å². The van der Waals surface area contributed by atoms with E-state index in [0.29, 0.717) is 0 Å². The van der Waals surface area contributed by atoms with E-state index in [1.54, 1.807) is 0 Å². The van der Waals surface area contributed by atoms with E-state index >= 15 is 0 Å². The summed E-state index contributed by atoms with van der Waals surface area (Å²) in [4.78, 5) is 42.6. The summed E-state index contributed by atoms with van der Waals surface area (Å²) in [5, 5.41) is 25.9. The lowest BCUT2D eigenvalue weighted by molar-refractivity contribution is -0.158. The first-order chi connectivity index (χ1) is 7.25. The summed E-state index contributed by atoms with van der Waals surface area (Å²) in [6, 6.07) is 0. The number of hydrogen-bond acceptors (Lipinski definition) is 4. The number of hydrogen-bond donors (Lipinski definition) is 3. The number of Topliss-reactive ketones (excluding diaryl/α,β-unsaturated/α-hetero) is 1. The number of carboxylic acids is 3. The Morgan fingerprint density at radius 3 is 1.50 bits per heavy atom. The van der Waals surface area contributed by atoms with Crippen LogP contribution in [0.2, 0.25) is 0 Å². The minimum Gasteiger partial charge on any atom is -0.481 e. The van der Waals surface area contributed by atoms with Gasteiger partial charge in [-0.1, -0.05) is 0 Å². The van der Waals surface area contributed by atoms with Crippen LogP contribution < -0.4 is 0 Å². The maximum Gasteiger partial charge on any atom is 0.307 e. The lowest BCUT2D eigenvalue weighted by atomic mass is 9.86. The molecule has 0 aliphatic rings. The fourth-order valence-electron chi connectivity index (χ4n) is 1.30. The van der Waals surface area contributed by atoms with Gasteiger partial charge in [0.05, 0.1) is 18.3 Å². The van der Waals surface area contributed by atoms with E-state index in [0.717, 1.165) is 6.92 Å². The van der Waals surface area contributed by atoms with Gasteiger partial charge in [-0.15, -0.1) is 0 Å². The minimum atomic E-state index is -1.60. The Bertz CT molecular complexity index is 288. The van der Waals surface area contributed by atoms with Crippen LogP contribution in [0.4, 0.5) is 0 Å². The summed E-state index contributed by atoms with van der Waals surface area (Å²) < 4.78 is 0. The van der Waals surface area contributed by atoms with Crippen molar-refractivity contribution in [3.05, 3.63) is 0 Å². The van der Waals surface area contributed by atoms with Crippen molar-refractivity contribution in [2.75, 3.05) is 0 Å². The number of rotatable bonds is 7. The molecule has 0 radical (unpaired) electrons. The van der Waals surface area contributed by atoms with Crippen molar-refractivity contribution >= 4 is 23.7 Å². The van der Waals surface area contributed by atoms with E-state index in [-0.39, 0.29) is 0 Å². The van der Waals surface area contributed by atoms with Gasteiger partial charge in [0.25, 0.3) is 0 Å². The molecule has 0 rings (SSSR count). The molecule has 7 nitrogen and oxygen atoms in total. The second kappa shape index (κ2) is 5.84. The third-order valence-corrected chi connectivity index (χ3v) is 2.02. The molecule has 0 amide bonds. The Balaban J connectivity index is 4.93. The molecule has 0 aromatic carbocycles. The predicted octanol–water partition coefficient (Wildman–Crippen LogP) is -0.158. The van der Waals surface area contributed by atoms with Gasteiger partial charge in [0.1, 0.15) is 5.78 Å². The number of aliphatic carboxylic acids is 3. The van der Waals surface area contributed by atoms with Gasteiger partial charge in [-0.2, -0.15) is 0 Å². The topological polar surface area (TPSA) is 129 Å². The molecule has 0 aromatic rings. The van der Waals surface area contributed by atoms with Gasteiger partial charge in [0.2, 0.25) is 0 Å².